The summed E-state index contributed by atoms with van der Waals surface area (Å²) in [6, 6.07) is 19.8. The first-order valence-electron chi connectivity index (χ1n) is 6.22. The second-order valence-electron chi connectivity index (χ2n) is 4.50. The molecule has 0 atom stereocenters. The maximum Gasteiger partial charge on any atom is 0.178 e. The van der Waals surface area contributed by atoms with E-state index in [1.807, 2.05) is 60.7 Å². The fourth-order valence-electron chi connectivity index (χ4n) is 2.22. The van der Waals surface area contributed by atoms with Crippen LogP contribution < -0.4 is 0 Å². The minimum atomic E-state index is -0.00557. The SMILES string of the molecule is CC(=O)c1nc(-c2ccccc2)cc2ccccc12. The van der Waals surface area contributed by atoms with E-state index in [-0.39, 0.29) is 5.78 Å². The van der Waals surface area contributed by atoms with Gasteiger partial charge in [0, 0.05) is 17.9 Å². The van der Waals surface area contributed by atoms with Gasteiger partial charge < -0.3 is 0 Å². The van der Waals surface area contributed by atoms with Gasteiger partial charge in [-0.3, -0.25) is 4.79 Å². The van der Waals surface area contributed by atoms with Crippen LogP contribution in [0.1, 0.15) is 17.4 Å². The minimum Gasteiger partial charge on any atom is -0.293 e. The molecule has 0 N–H and O–H groups in total. The monoisotopic (exact) mass is 247 g/mol. The fourth-order valence-corrected chi connectivity index (χ4v) is 2.22. The smallest absolute Gasteiger partial charge is 0.178 e. The number of aromatic nitrogens is 1. The molecule has 3 aromatic rings. The molecule has 2 heteroatoms. The maximum atomic E-state index is 11.8. The molecule has 0 unspecified atom stereocenters. The summed E-state index contributed by atoms with van der Waals surface area (Å²) in [5.41, 5.74) is 2.40. The highest BCUT2D eigenvalue weighted by Gasteiger charge is 2.10. The lowest BCUT2D eigenvalue weighted by molar-refractivity contribution is 0.101. The van der Waals surface area contributed by atoms with Crippen LogP contribution in [0.5, 0.6) is 0 Å². The van der Waals surface area contributed by atoms with Gasteiger partial charge in [-0.2, -0.15) is 0 Å². The molecule has 0 spiro atoms. The number of hydrogen-bond donors (Lipinski definition) is 0. The van der Waals surface area contributed by atoms with Crippen molar-refractivity contribution in [2.24, 2.45) is 0 Å². The highest BCUT2D eigenvalue weighted by molar-refractivity contribution is 6.06. The van der Waals surface area contributed by atoms with E-state index in [0.717, 1.165) is 22.0 Å². The number of fused-ring (bicyclic) bond motifs is 1. The van der Waals surface area contributed by atoms with E-state index in [2.05, 4.69) is 4.98 Å². The zero-order valence-electron chi connectivity index (χ0n) is 10.6. The minimum absolute atomic E-state index is 0.00557. The summed E-state index contributed by atoms with van der Waals surface area (Å²) in [4.78, 5) is 16.3. The van der Waals surface area contributed by atoms with Gasteiger partial charge in [0.15, 0.2) is 5.78 Å². The van der Waals surface area contributed by atoms with Crippen molar-refractivity contribution in [2.45, 2.75) is 6.92 Å². The Bertz CT molecular complexity index is 748. The van der Waals surface area contributed by atoms with Crippen LogP contribution in [0.25, 0.3) is 22.0 Å². The lowest BCUT2D eigenvalue weighted by Gasteiger charge is -2.07. The van der Waals surface area contributed by atoms with Crippen LogP contribution in [-0.2, 0) is 0 Å². The summed E-state index contributed by atoms with van der Waals surface area (Å²) in [5, 5.41) is 1.95. The van der Waals surface area contributed by atoms with Gasteiger partial charge in [-0.05, 0) is 11.5 Å². The molecule has 0 aliphatic carbocycles. The van der Waals surface area contributed by atoms with Crippen LogP contribution in [0.15, 0.2) is 60.7 Å². The first-order chi connectivity index (χ1) is 9.25. The molecule has 0 bridgehead atoms. The molecule has 92 valence electrons. The van der Waals surface area contributed by atoms with Gasteiger partial charge in [-0.25, -0.2) is 4.98 Å². The number of benzene rings is 2. The lowest BCUT2D eigenvalue weighted by atomic mass is 10.0. The first kappa shape index (κ1) is 11.6. The molecule has 2 nitrogen and oxygen atoms in total. The van der Waals surface area contributed by atoms with Crippen LogP contribution in [0.2, 0.25) is 0 Å². The van der Waals surface area contributed by atoms with E-state index in [1.54, 1.807) is 6.92 Å². The van der Waals surface area contributed by atoms with Gasteiger partial charge in [0.25, 0.3) is 0 Å². The molecule has 19 heavy (non-hydrogen) atoms. The van der Waals surface area contributed by atoms with Gasteiger partial charge in [0.05, 0.1) is 5.69 Å². The maximum absolute atomic E-state index is 11.8. The van der Waals surface area contributed by atoms with Gasteiger partial charge in [0.1, 0.15) is 5.69 Å². The Morgan fingerprint density at radius 3 is 2.37 bits per heavy atom. The molecule has 0 radical (unpaired) electrons. The molecule has 0 fully saturated rings. The van der Waals surface area contributed by atoms with E-state index < -0.39 is 0 Å². The van der Waals surface area contributed by atoms with Crippen molar-refractivity contribution in [3.8, 4) is 11.3 Å². The number of carbonyl (C=O) groups excluding carboxylic acids is 1. The van der Waals surface area contributed by atoms with Crippen LogP contribution in [-0.4, -0.2) is 10.8 Å². The molecule has 2 aromatic carbocycles. The number of carbonyl (C=O) groups is 1. The third kappa shape index (κ3) is 2.13. The van der Waals surface area contributed by atoms with Crippen LogP contribution in [0, 0.1) is 0 Å². The zero-order valence-corrected chi connectivity index (χ0v) is 10.6. The molecule has 0 saturated heterocycles. The van der Waals surface area contributed by atoms with E-state index >= 15 is 0 Å². The molecule has 0 aliphatic heterocycles. The Morgan fingerprint density at radius 1 is 0.947 bits per heavy atom. The quantitative estimate of drug-likeness (QED) is 0.638. The zero-order chi connectivity index (χ0) is 13.2. The summed E-state index contributed by atoms with van der Waals surface area (Å²) in [5.74, 6) is -0.00557. The van der Waals surface area contributed by atoms with Crippen LogP contribution >= 0.6 is 0 Å². The normalized spacial score (nSPS) is 10.6. The predicted molar refractivity (Wildman–Crippen MR) is 77.2 cm³/mol. The van der Waals surface area contributed by atoms with Crippen molar-refractivity contribution in [1.82, 2.24) is 4.98 Å². The second-order valence-corrected chi connectivity index (χ2v) is 4.50. The number of pyridine rings is 1. The van der Waals surface area contributed by atoms with Crippen molar-refractivity contribution >= 4 is 16.6 Å². The molecule has 0 saturated carbocycles. The Morgan fingerprint density at radius 2 is 1.63 bits per heavy atom. The van der Waals surface area contributed by atoms with Crippen molar-refractivity contribution < 1.29 is 4.79 Å². The van der Waals surface area contributed by atoms with Gasteiger partial charge >= 0.3 is 0 Å². The van der Waals surface area contributed by atoms with Gasteiger partial charge in [-0.15, -0.1) is 0 Å². The lowest BCUT2D eigenvalue weighted by Crippen LogP contribution is -1.99. The summed E-state index contributed by atoms with van der Waals surface area (Å²) >= 11 is 0. The third-order valence-corrected chi connectivity index (χ3v) is 3.14. The molecule has 1 aromatic heterocycles. The van der Waals surface area contributed by atoms with E-state index in [0.29, 0.717) is 5.69 Å². The number of nitrogens with zero attached hydrogens (tertiary/aromatic N) is 1. The summed E-state index contributed by atoms with van der Waals surface area (Å²) in [7, 11) is 0. The average molecular weight is 247 g/mol. The first-order valence-corrected chi connectivity index (χ1v) is 6.22. The number of hydrogen-bond acceptors (Lipinski definition) is 2. The average Bonchev–Trinajstić information content (AvgIpc) is 2.47. The number of Topliss-reactive ketones (excluding diaryl/α,β-unsaturated/α-hetero) is 1. The van der Waals surface area contributed by atoms with Gasteiger partial charge in [0.2, 0.25) is 0 Å². The van der Waals surface area contributed by atoms with E-state index in [9.17, 15) is 4.79 Å². The van der Waals surface area contributed by atoms with Crippen LogP contribution in [0.3, 0.4) is 0 Å². The molecule has 1 heterocycles. The topological polar surface area (TPSA) is 30.0 Å². The van der Waals surface area contributed by atoms with Crippen molar-refractivity contribution in [1.29, 1.82) is 0 Å². The van der Waals surface area contributed by atoms with E-state index in [4.69, 9.17) is 0 Å². The molecule has 0 amide bonds. The second kappa shape index (κ2) is 4.65. The Kier molecular flexibility index (Phi) is 2.84. The summed E-state index contributed by atoms with van der Waals surface area (Å²) < 4.78 is 0. The van der Waals surface area contributed by atoms with Crippen molar-refractivity contribution in [3.63, 3.8) is 0 Å². The van der Waals surface area contributed by atoms with Crippen molar-refractivity contribution in [3.05, 3.63) is 66.4 Å². The summed E-state index contributed by atoms with van der Waals surface area (Å²) in [6.07, 6.45) is 0. The molecular weight excluding hydrogens is 234 g/mol. The Labute approximate surface area is 111 Å². The molecule has 3 rings (SSSR count). The predicted octanol–water partition coefficient (Wildman–Crippen LogP) is 4.10. The fraction of sp³-hybridized carbons (Fsp3) is 0.0588. The van der Waals surface area contributed by atoms with Crippen molar-refractivity contribution in [2.75, 3.05) is 0 Å². The summed E-state index contributed by atoms with van der Waals surface area (Å²) in [6.45, 7) is 1.56. The number of rotatable bonds is 2. The van der Waals surface area contributed by atoms with E-state index in [1.165, 1.54) is 0 Å². The largest absolute Gasteiger partial charge is 0.293 e. The Balaban J connectivity index is 2.31. The third-order valence-electron chi connectivity index (χ3n) is 3.14. The van der Waals surface area contributed by atoms with Crippen LogP contribution in [0.4, 0.5) is 0 Å². The number of ketones is 1. The highest BCUT2D eigenvalue weighted by atomic mass is 16.1. The molecular formula is C17H13NO. The molecule has 0 aliphatic rings. The standard InChI is InChI=1S/C17H13NO/c1-12(19)17-15-10-6-5-9-14(15)11-16(18-17)13-7-3-2-4-8-13/h2-11H,1H3. The van der Waals surface area contributed by atoms with Gasteiger partial charge in [-0.1, -0.05) is 54.6 Å². The highest BCUT2D eigenvalue weighted by Crippen LogP contribution is 2.24. The Hall–Kier alpha value is -2.48.